The van der Waals surface area contributed by atoms with Gasteiger partial charge in [-0.2, -0.15) is 0 Å². The van der Waals surface area contributed by atoms with Gasteiger partial charge in [0.2, 0.25) is 0 Å². The first-order valence-electron chi connectivity index (χ1n) is 9.34. The summed E-state index contributed by atoms with van der Waals surface area (Å²) in [6, 6.07) is 20.3. The van der Waals surface area contributed by atoms with Crippen molar-refractivity contribution in [2.45, 2.75) is 19.8 Å². The molecule has 0 saturated carbocycles. The van der Waals surface area contributed by atoms with E-state index in [4.69, 9.17) is 9.47 Å². The first kappa shape index (κ1) is 19.4. The molecule has 0 aromatic heterocycles. The number of unbranched alkanes of at least 4 members (excludes halogenated alkanes) is 1. The van der Waals surface area contributed by atoms with Crippen LogP contribution in [-0.4, -0.2) is 25.1 Å². The van der Waals surface area contributed by atoms with E-state index in [0.717, 1.165) is 23.6 Å². The van der Waals surface area contributed by atoms with Gasteiger partial charge in [0.05, 0.1) is 12.2 Å². The summed E-state index contributed by atoms with van der Waals surface area (Å²) in [5, 5.41) is 4.93. The lowest BCUT2D eigenvalue weighted by atomic mass is 10.1. The van der Waals surface area contributed by atoms with Crippen LogP contribution in [0.3, 0.4) is 0 Å². The van der Waals surface area contributed by atoms with Crippen LogP contribution in [0.1, 0.15) is 30.1 Å². The van der Waals surface area contributed by atoms with Crippen molar-refractivity contribution in [3.8, 4) is 5.75 Å². The Labute approximate surface area is 164 Å². The molecule has 0 aliphatic rings. The third-order valence-electron chi connectivity index (χ3n) is 4.23. The summed E-state index contributed by atoms with van der Waals surface area (Å²) in [7, 11) is 0. The minimum absolute atomic E-state index is 0.0981. The summed E-state index contributed by atoms with van der Waals surface area (Å²) in [4.78, 5) is 24.0. The number of nitrogens with one attached hydrogen (secondary N) is 1. The highest BCUT2D eigenvalue weighted by Gasteiger charge is 2.08. The van der Waals surface area contributed by atoms with E-state index < -0.39 is 0 Å². The number of fused-ring (bicyclic) bond motifs is 1. The molecule has 0 radical (unpaired) electrons. The molecule has 3 rings (SSSR count). The second-order valence-corrected chi connectivity index (χ2v) is 6.41. The minimum atomic E-state index is -0.356. The molecule has 0 fully saturated rings. The zero-order chi connectivity index (χ0) is 19.8. The van der Waals surface area contributed by atoms with Crippen LogP contribution >= 0.6 is 0 Å². The molecule has 144 valence electrons. The number of hydrogen-bond acceptors (Lipinski definition) is 4. The molecule has 0 aliphatic heterocycles. The van der Waals surface area contributed by atoms with Crippen molar-refractivity contribution in [2.75, 3.05) is 18.5 Å². The molecule has 28 heavy (non-hydrogen) atoms. The van der Waals surface area contributed by atoms with Gasteiger partial charge in [0.1, 0.15) is 5.75 Å². The fraction of sp³-hybridized carbons (Fsp3) is 0.217. The molecular weight excluding hydrogens is 354 g/mol. The third kappa shape index (κ3) is 5.33. The van der Waals surface area contributed by atoms with E-state index in [1.165, 1.54) is 0 Å². The van der Waals surface area contributed by atoms with Crippen molar-refractivity contribution in [1.29, 1.82) is 0 Å². The van der Waals surface area contributed by atoms with Crippen LogP contribution < -0.4 is 10.1 Å². The van der Waals surface area contributed by atoms with Crippen LogP contribution in [0, 0.1) is 0 Å². The van der Waals surface area contributed by atoms with E-state index in [9.17, 15) is 9.59 Å². The van der Waals surface area contributed by atoms with Crippen molar-refractivity contribution in [3.05, 3.63) is 72.3 Å². The Morgan fingerprint density at radius 2 is 1.68 bits per heavy atom. The van der Waals surface area contributed by atoms with Gasteiger partial charge < -0.3 is 14.8 Å². The molecule has 3 aromatic rings. The number of hydrogen-bond donors (Lipinski definition) is 1. The second kappa shape index (κ2) is 9.55. The van der Waals surface area contributed by atoms with Crippen molar-refractivity contribution in [2.24, 2.45) is 0 Å². The first-order valence-corrected chi connectivity index (χ1v) is 9.34. The molecule has 0 aliphatic carbocycles. The van der Waals surface area contributed by atoms with Crippen LogP contribution in [0.5, 0.6) is 5.75 Å². The standard InChI is InChI=1S/C23H23NO4/c1-2-3-14-27-23(26)18-8-11-20(12-9-18)24-22(25)16-28-21-13-10-17-6-4-5-7-19(17)15-21/h4-13,15H,2-3,14,16H2,1H3,(H,24,25). The molecule has 0 saturated heterocycles. The fourth-order valence-electron chi connectivity index (χ4n) is 2.69. The Morgan fingerprint density at radius 1 is 0.929 bits per heavy atom. The van der Waals surface area contributed by atoms with Crippen molar-refractivity contribution in [1.82, 2.24) is 0 Å². The van der Waals surface area contributed by atoms with Crippen LogP contribution in [0.2, 0.25) is 0 Å². The minimum Gasteiger partial charge on any atom is -0.484 e. The van der Waals surface area contributed by atoms with Gasteiger partial charge in [0.15, 0.2) is 6.61 Å². The SMILES string of the molecule is CCCCOC(=O)c1ccc(NC(=O)COc2ccc3ccccc3c2)cc1. The summed E-state index contributed by atoms with van der Waals surface area (Å²) in [5.41, 5.74) is 1.05. The Kier molecular flexibility index (Phi) is 6.63. The predicted octanol–water partition coefficient (Wildman–Crippen LogP) is 4.81. The average molecular weight is 377 g/mol. The number of carbonyl (C=O) groups is 2. The molecule has 3 aromatic carbocycles. The topological polar surface area (TPSA) is 64.6 Å². The number of ether oxygens (including phenoxy) is 2. The summed E-state index contributed by atoms with van der Waals surface area (Å²) in [6.45, 7) is 2.36. The number of esters is 1. The monoisotopic (exact) mass is 377 g/mol. The Bertz CT molecular complexity index is 950. The molecular formula is C23H23NO4. The number of amides is 1. The van der Waals surface area contributed by atoms with Gasteiger partial charge in [0, 0.05) is 5.69 Å². The van der Waals surface area contributed by atoms with E-state index in [0.29, 0.717) is 23.6 Å². The van der Waals surface area contributed by atoms with Gasteiger partial charge in [-0.1, -0.05) is 43.7 Å². The zero-order valence-electron chi connectivity index (χ0n) is 15.8. The maximum atomic E-state index is 12.1. The quantitative estimate of drug-likeness (QED) is 0.452. The Hall–Kier alpha value is -3.34. The molecule has 0 bridgehead atoms. The Balaban J connectivity index is 1.50. The van der Waals surface area contributed by atoms with E-state index in [-0.39, 0.29) is 18.5 Å². The summed E-state index contributed by atoms with van der Waals surface area (Å²) >= 11 is 0. The second-order valence-electron chi connectivity index (χ2n) is 6.41. The largest absolute Gasteiger partial charge is 0.484 e. The van der Waals surface area contributed by atoms with Crippen LogP contribution in [0.25, 0.3) is 10.8 Å². The molecule has 0 spiro atoms. The van der Waals surface area contributed by atoms with Crippen molar-refractivity contribution >= 4 is 28.3 Å². The maximum Gasteiger partial charge on any atom is 0.338 e. The van der Waals surface area contributed by atoms with Gasteiger partial charge in [0.25, 0.3) is 5.91 Å². The van der Waals surface area contributed by atoms with Gasteiger partial charge in [-0.05, 0) is 53.6 Å². The molecule has 0 heterocycles. The molecule has 0 atom stereocenters. The van der Waals surface area contributed by atoms with Gasteiger partial charge >= 0.3 is 5.97 Å². The lowest BCUT2D eigenvalue weighted by molar-refractivity contribution is -0.118. The highest BCUT2D eigenvalue weighted by molar-refractivity contribution is 5.93. The number of benzene rings is 3. The van der Waals surface area contributed by atoms with Crippen LogP contribution in [-0.2, 0) is 9.53 Å². The first-order chi connectivity index (χ1) is 13.7. The summed E-state index contributed by atoms with van der Waals surface area (Å²) < 4.78 is 10.7. The lowest BCUT2D eigenvalue weighted by Crippen LogP contribution is -2.20. The summed E-state index contributed by atoms with van der Waals surface area (Å²) in [5.74, 6) is 0.0106. The van der Waals surface area contributed by atoms with Crippen LogP contribution in [0.4, 0.5) is 5.69 Å². The van der Waals surface area contributed by atoms with Crippen molar-refractivity contribution < 1.29 is 19.1 Å². The smallest absolute Gasteiger partial charge is 0.338 e. The van der Waals surface area contributed by atoms with E-state index in [2.05, 4.69) is 5.32 Å². The van der Waals surface area contributed by atoms with E-state index in [1.807, 2.05) is 49.4 Å². The maximum absolute atomic E-state index is 12.1. The fourth-order valence-corrected chi connectivity index (χ4v) is 2.69. The van der Waals surface area contributed by atoms with E-state index in [1.54, 1.807) is 24.3 Å². The third-order valence-corrected chi connectivity index (χ3v) is 4.23. The molecule has 1 amide bonds. The molecule has 5 heteroatoms. The van der Waals surface area contributed by atoms with Crippen LogP contribution in [0.15, 0.2) is 66.7 Å². The highest BCUT2D eigenvalue weighted by atomic mass is 16.5. The average Bonchev–Trinajstić information content (AvgIpc) is 2.73. The highest BCUT2D eigenvalue weighted by Crippen LogP contribution is 2.20. The van der Waals surface area contributed by atoms with Crippen molar-refractivity contribution in [3.63, 3.8) is 0 Å². The number of anilines is 1. The number of rotatable bonds is 8. The van der Waals surface area contributed by atoms with Gasteiger partial charge in [-0.3, -0.25) is 4.79 Å². The van der Waals surface area contributed by atoms with E-state index >= 15 is 0 Å². The lowest BCUT2D eigenvalue weighted by Gasteiger charge is -2.09. The van der Waals surface area contributed by atoms with Gasteiger partial charge in [-0.25, -0.2) is 4.79 Å². The normalized spacial score (nSPS) is 10.5. The molecule has 1 N–H and O–H groups in total. The Morgan fingerprint density at radius 3 is 2.43 bits per heavy atom. The zero-order valence-corrected chi connectivity index (χ0v) is 15.8. The molecule has 5 nitrogen and oxygen atoms in total. The molecule has 0 unspecified atom stereocenters. The summed E-state index contributed by atoms with van der Waals surface area (Å²) in [6.07, 6.45) is 1.82. The number of carbonyl (C=O) groups excluding carboxylic acids is 2. The predicted molar refractivity (Wildman–Crippen MR) is 110 cm³/mol. The van der Waals surface area contributed by atoms with Gasteiger partial charge in [-0.15, -0.1) is 0 Å².